The van der Waals surface area contributed by atoms with Crippen LogP contribution in [0.3, 0.4) is 0 Å². The first-order valence-electron chi connectivity index (χ1n) is 6.77. The fourth-order valence-corrected chi connectivity index (χ4v) is 1.88. The molecule has 0 bridgehead atoms. The van der Waals surface area contributed by atoms with Crippen molar-refractivity contribution < 1.29 is 4.74 Å². The van der Waals surface area contributed by atoms with Crippen LogP contribution >= 0.6 is 0 Å². The lowest BCUT2D eigenvalue weighted by Crippen LogP contribution is -2.11. The van der Waals surface area contributed by atoms with Crippen LogP contribution in [0, 0.1) is 0 Å². The van der Waals surface area contributed by atoms with E-state index in [4.69, 9.17) is 10.5 Å². The minimum Gasteiger partial charge on any atom is -0.478 e. The highest BCUT2D eigenvalue weighted by Crippen LogP contribution is 2.22. The topological polar surface area (TPSA) is 73.1 Å². The van der Waals surface area contributed by atoms with Gasteiger partial charge in [0, 0.05) is 18.0 Å². The van der Waals surface area contributed by atoms with Crippen LogP contribution in [0.15, 0.2) is 36.5 Å². The zero-order valence-electron chi connectivity index (χ0n) is 11.8. The number of benzene rings is 1. The van der Waals surface area contributed by atoms with E-state index < -0.39 is 0 Å². The predicted molar refractivity (Wildman–Crippen MR) is 80.7 cm³/mol. The lowest BCUT2D eigenvalue weighted by Gasteiger charge is -2.16. The molecule has 2 aromatic rings. The number of anilines is 2. The van der Waals surface area contributed by atoms with Crippen LogP contribution in [0.25, 0.3) is 0 Å². The highest BCUT2D eigenvalue weighted by molar-refractivity contribution is 5.50. The number of nitrogens with two attached hydrogens (primary N) is 1. The Morgan fingerprint density at radius 1 is 1.30 bits per heavy atom. The Morgan fingerprint density at radius 2 is 2.10 bits per heavy atom. The molecule has 3 N–H and O–H groups in total. The molecule has 0 fully saturated rings. The van der Waals surface area contributed by atoms with Crippen LogP contribution in [0.1, 0.15) is 31.9 Å². The van der Waals surface area contributed by atoms with Crippen molar-refractivity contribution in [2.24, 2.45) is 0 Å². The average molecular weight is 272 g/mol. The SMILES string of the molecule is CCCOc1ccnc(NC(C)c2ccccc2N)n1. The molecule has 20 heavy (non-hydrogen) atoms. The quantitative estimate of drug-likeness (QED) is 0.791. The molecule has 1 aromatic heterocycles. The van der Waals surface area contributed by atoms with Gasteiger partial charge in [-0.25, -0.2) is 4.98 Å². The van der Waals surface area contributed by atoms with Gasteiger partial charge < -0.3 is 15.8 Å². The van der Waals surface area contributed by atoms with Gasteiger partial charge in [0.2, 0.25) is 11.8 Å². The van der Waals surface area contributed by atoms with Crippen molar-refractivity contribution in [3.8, 4) is 5.88 Å². The van der Waals surface area contributed by atoms with Gasteiger partial charge in [-0.1, -0.05) is 25.1 Å². The maximum atomic E-state index is 5.97. The Balaban J connectivity index is 2.08. The molecule has 1 unspecified atom stereocenters. The Morgan fingerprint density at radius 3 is 2.85 bits per heavy atom. The van der Waals surface area contributed by atoms with Crippen molar-refractivity contribution in [3.63, 3.8) is 0 Å². The van der Waals surface area contributed by atoms with Crippen molar-refractivity contribution >= 4 is 11.6 Å². The summed E-state index contributed by atoms with van der Waals surface area (Å²) in [5.74, 6) is 1.12. The Labute approximate surface area is 119 Å². The first-order valence-corrected chi connectivity index (χ1v) is 6.77. The van der Waals surface area contributed by atoms with Gasteiger partial charge in [0.1, 0.15) is 0 Å². The largest absolute Gasteiger partial charge is 0.478 e. The van der Waals surface area contributed by atoms with Gasteiger partial charge in [-0.3, -0.25) is 0 Å². The minimum atomic E-state index is 0.0256. The zero-order chi connectivity index (χ0) is 14.4. The van der Waals surface area contributed by atoms with Gasteiger partial charge in [-0.05, 0) is 25.0 Å². The molecular formula is C15H20N4O. The maximum absolute atomic E-state index is 5.97. The second kappa shape index (κ2) is 6.75. The summed E-state index contributed by atoms with van der Waals surface area (Å²) in [4.78, 5) is 8.52. The highest BCUT2D eigenvalue weighted by Gasteiger charge is 2.10. The number of para-hydroxylation sites is 1. The molecule has 0 aliphatic heterocycles. The van der Waals surface area contributed by atoms with Crippen molar-refractivity contribution in [2.75, 3.05) is 17.7 Å². The molecule has 0 aliphatic rings. The third-order valence-electron chi connectivity index (χ3n) is 2.89. The molecule has 5 heteroatoms. The monoisotopic (exact) mass is 272 g/mol. The molecule has 106 valence electrons. The summed E-state index contributed by atoms with van der Waals surface area (Å²) in [6.45, 7) is 4.73. The van der Waals surface area contributed by atoms with E-state index in [-0.39, 0.29) is 6.04 Å². The molecule has 0 spiro atoms. The Kier molecular flexibility index (Phi) is 4.76. The number of nitrogen functional groups attached to an aromatic ring is 1. The number of hydrogen-bond donors (Lipinski definition) is 2. The average Bonchev–Trinajstić information content (AvgIpc) is 2.46. The van der Waals surface area contributed by atoms with Crippen molar-refractivity contribution in [1.29, 1.82) is 0 Å². The summed E-state index contributed by atoms with van der Waals surface area (Å²) in [7, 11) is 0. The van der Waals surface area contributed by atoms with Crippen LogP contribution in [-0.4, -0.2) is 16.6 Å². The standard InChI is InChI=1S/C15H20N4O/c1-3-10-20-14-8-9-17-15(19-14)18-11(2)12-6-4-5-7-13(12)16/h4-9,11H,3,10,16H2,1-2H3,(H,17,18,19). The second-order valence-electron chi connectivity index (χ2n) is 4.56. The minimum absolute atomic E-state index is 0.0256. The van der Waals surface area contributed by atoms with E-state index in [1.165, 1.54) is 0 Å². The van der Waals surface area contributed by atoms with E-state index in [0.717, 1.165) is 17.7 Å². The number of aromatic nitrogens is 2. The lowest BCUT2D eigenvalue weighted by atomic mass is 10.1. The fraction of sp³-hybridized carbons (Fsp3) is 0.333. The summed E-state index contributed by atoms with van der Waals surface area (Å²) < 4.78 is 5.49. The summed E-state index contributed by atoms with van der Waals surface area (Å²) in [5.41, 5.74) is 7.74. The number of nitrogens with one attached hydrogen (secondary N) is 1. The van der Waals surface area contributed by atoms with E-state index in [9.17, 15) is 0 Å². The molecule has 1 heterocycles. The lowest BCUT2D eigenvalue weighted by molar-refractivity contribution is 0.305. The van der Waals surface area contributed by atoms with Gasteiger partial charge in [0.05, 0.1) is 12.6 Å². The van der Waals surface area contributed by atoms with Crippen LogP contribution in [0.5, 0.6) is 5.88 Å². The molecule has 1 aromatic carbocycles. The molecule has 1 atom stereocenters. The van der Waals surface area contributed by atoms with Crippen molar-refractivity contribution in [1.82, 2.24) is 9.97 Å². The predicted octanol–water partition coefficient (Wildman–Crippen LogP) is 3.02. The molecule has 0 saturated carbocycles. The maximum Gasteiger partial charge on any atom is 0.226 e. The van der Waals surface area contributed by atoms with Gasteiger partial charge in [0.25, 0.3) is 0 Å². The molecule has 2 rings (SSSR count). The van der Waals surface area contributed by atoms with Crippen LogP contribution in [-0.2, 0) is 0 Å². The van der Waals surface area contributed by atoms with E-state index in [2.05, 4.69) is 22.2 Å². The van der Waals surface area contributed by atoms with Crippen molar-refractivity contribution in [2.45, 2.75) is 26.3 Å². The molecule has 0 aliphatic carbocycles. The first kappa shape index (κ1) is 14.1. The zero-order valence-corrected chi connectivity index (χ0v) is 11.8. The molecule has 0 radical (unpaired) electrons. The highest BCUT2D eigenvalue weighted by atomic mass is 16.5. The molecule has 0 amide bonds. The number of nitrogens with zero attached hydrogens (tertiary/aromatic N) is 2. The third-order valence-corrected chi connectivity index (χ3v) is 2.89. The first-order chi connectivity index (χ1) is 9.70. The Bertz CT molecular complexity index is 559. The number of hydrogen-bond acceptors (Lipinski definition) is 5. The van der Waals surface area contributed by atoms with E-state index in [1.54, 1.807) is 12.3 Å². The summed E-state index contributed by atoms with van der Waals surface area (Å²) >= 11 is 0. The second-order valence-corrected chi connectivity index (χ2v) is 4.56. The van der Waals surface area contributed by atoms with Gasteiger partial charge in [-0.15, -0.1) is 0 Å². The van der Waals surface area contributed by atoms with E-state index >= 15 is 0 Å². The molecule has 5 nitrogen and oxygen atoms in total. The van der Waals surface area contributed by atoms with Gasteiger partial charge >= 0.3 is 0 Å². The number of ether oxygens (including phenoxy) is 1. The smallest absolute Gasteiger partial charge is 0.226 e. The molecular weight excluding hydrogens is 252 g/mol. The van der Waals surface area contributed by atoms with Gasteiger partial charge in [0.15, 0.2) is 0 Å². The summed E-state index contributed by atoms with van der Waals surface area (Å²) in [6.07, 6.45) is 2.63. The van der Waals surface area contributed by atoms with E-state index in [0.29, 0.717) is 18.4 Å². The summed E-state index contributed by atoms with van der Waals surface area (Å²) in [5, 5.41) is 3.23. The summed E-state index contributed by atoms with van der Waals surface area (Å²) in [6, 6.07) is 9.53. The van der Waals surface area contributed by atoms with E-state index in [1.807, 2.05) is 31.2 Å². The fourth-order valence-electron chi connectivity index (χ4n) is 1.88. The van der Waals surface area contributed by atoms with Crippen LogP contribution in [0.4, 0.5) is 11.6 Å². The third kappa shape index (κ3) is 3.60. The van der Waals surface area contributed by atoms with Crippen LogP contribution < -0.4 is 15.8 Å². The Hall–Kier alpha value is -2.30. The van der Waals surface area contributed by atoms with Crippen molar-refractivity contribution in [3.05, 3.63) is 42.1 Å². The van der Waals surface area contributed by atoms with Crippen LogP contribution in [0.2, 0.25) is 0 Å². The number of rotatable bonds is 6. The molecule has 0 saturated heterocycles. The normalized spacial score (nSPS) is 11.9. The van der Waals surface area contributed by atoms with Gasteiger partial charge in [-0.2, -0.15) is 4.98 Å².